The van der Waals surface area contributed by atoms with E-state index in [9.17, 15) is 13.2 Å². The van der Waals surface area contributed by atoms with Crippen LogP contribution in [0.5, 0.6) is 0 Å². The molecule has 8 heteroatoms. The summed E-state index contributed by atoms with van der Waals surface area (Å²) in [6.45, 7) is 2.71. The van der Waals surface area contributed by atoms with Crippen molar-refractivity contribution in [2.45, 2.75) is 30.8 Å². The van der Waals surface area contributed by atoms with Crippen LogP contribution in [0.2, 0.25) is 0 Å². The minimum absolute atomic E-state index is 0.0420. The Kier molecular flexibility index (Phi) is 5.65. The smallest absolute Gasteiger partial charge is 0.256 e. The number of ether oxygens (including phenoxy) is 1. The molecule has 2 aromatic rings. The molecule has 1 unspecified atom stereocenters. The highest BCUT2D eigenvalue weighted by Gasteiger charge is 2.21. The number of hydrogen-bond acceptors (Lipinski definition) is 5. The molecule has 0 spiro atoms. The highest BCUT2D eigenvalue weighted by Crippen LogP contribution is 2.15. The number of benzene rings is 1. The number of aromatic nitrogens is 1. The fourth-order valence-electron chi connectivity index (χ4n) is 2.70. The molecule has 1 saturated heterocycles. The van der Waals surface area contributed by atoms with Gasteiger partial charge in [-0.2, -0.15) is 0 Å². The molecule has 1 aromatic carbocycles. The first-order valence-corrected chi connectivity index (χ1v) is 9.89. The van der Waals surface area contributed by atoms with Crippen molar-refractivity contribution < 1.29 is 17.9 Å². The van der Waals surface area contributed by atoms with Gasteiger partial charge in [-0.05, 0) is 50.1 Å². The molecular weight excluding hydrogens is 354 g/mol. The lowest BCUT2D eigenvalue weighted by Crippen LogP contribution is -2.32. The van der Waals surface area contributed by atoms with Crippen molar-refractivity contribution in [3.8, 4) is 0 Å². The highest BCUT2D eigenvalue weighted by atomic mass is 32.2. The Bertz CT molecular complexity index is 893. The number of nitrogens with zero attached hydrogens (tertiary/aromatic N) is 1. The Morgan fingerprint density at radius 3 is 2.81 bits per heavy atom. The number of aryl methyl sites for hydroxylation is 1. The van der Waals surface area contributed by atoms with Crippen LogP contribution < -0.4 is 10.0 Å². The Hall–Kier alpha value is -2.29. The van der Waals surface area contributed by atoms with E-state index in [0.717, 1.165) is 18.5 Å². The average molecular weight is 375 g/mol. The molecule has 138 valence electrons. The van der Waals surface area contributed by atoms with Gasteiger partial charge < -0.3 is 10.1 Å². The Morgan fingerprint density at radius 2 is 2.08 bits per heavy atom. The van der Waals surface area contributed by atoms with Gasteiger partial charge in [0.05, 0.1) is 11.0 Å². The molecule has 1 amide bonds. The van der Waals surface area contributed by atoms with E-state index in [-0.39, 0.29) is 23.1 Å². The standard InChI is InChI=1S/C18H21N3O4S/c1-13-5-2-9-17(20-13)21-18(22)14-6-3-8-16(11-14)26(23,24)19-12-15-7-4-10-25-15/h2-3,5-6,8-9,11,15,19H,4,7,10,12H2,1H3,(H,20,21,22). The summed E-state index contributed by atoms with van der Waals surface area (Å²) in [5.41, 5.74) is 1.02. The van der Waals surface area contributed by atoms with Gasteiger partial charge in [-0.1, -0.05) is 12.1 Å². The molecule has 0 radical (unpaired) electrons. The summed E-state index contributed by atoms with van der Waals surface area (Å²) in [5, 5.41) is 2.67. The Labute approximate surface area is 152 Å². The van der Waals surface area contributed by atoms with Gasteiger partial charge in [0.2, 0.25) is 10.0 Å². The summed E-state index contributed by atoms with van der Waals surface area (Å²) >= 11 is 0. The van der Waals surface area contributed by atoms with Crippen LogP contribution in [0.3, 0.4) is 0 Å². The number of rotatable bonds is 6. The van der Waals surface area contributed by atoms with E-state index >= 15 is 0 Å². The van der Waals surface area contributed by atoms with Gasteiger partial charge in [0.15, 0.2) is 0 Å². The monoisotopic (exact) mass is 375 g/mol. The number of carbonyl (C=O) groups excluding carboxylic acids is 1. The summed E-state index contributed by atoms with van der Waals surface area (Å²) in [6, 6.07) is 11.2. The van der Waals surface area contributed by atoms with Crippen LogP contribution in [-0.4, -0.2) is 38.6 Å². The molecule has 0 bridgehead atoms. The second-order valence-electron chi connectivity index (χ2n) is 6.13. The zero-order valence-corrected chi connectivity index (χ0v) is 15.3. The van der Waals surface area contributed by atoms with E-state index in [1.54, 1.807) is 24.3 Å². The molecule has 1 aromatic heterocycles. The van der Waals surface area contributed by atoms with E-state index < -0.39 is 15.9 Å². The van der Waals surface area contributed by atoms with Crippen molar-refractivity contribution in [3.05, 3.63) is 53.7 Å². The number of pyridine rings is 1. The van der Waals surface area contributed by atoms with Gasteiger partial charge in [-0.3, -0.25) is 4.79 Å². The number of hydrogen-bond donors (Lipinski definition) is 2. The summed E-state index contributed by atoms with van der Waals surface area (Å²) in [5.74, 6) is -0.000886. The number of nitrogens with one attached hydrogen (secondary N) is 2. The summed E-state index contributed by atoms with van der Waals surface area (Å²) in [6.07, 6.45) is 1.69. The van der Waals surface area contributed by atoms with Gasteiger partial charge in [0.25, 0.3) is 5.91 Å². The second kappa shape index (κ2) is 7.94. The van der Waals surface area contributed by atoms with Crippen molar-refractivity contribution in [2.75, 3.05) is 18.5 Å². The minimum atomic E-state index is -3.71. The zero-order valence-electron chi connectivity index (χ0n) is 14.4. The van der Waals surface area contributed by atoms with Crippen molar-refractivity contribution in [3.63, 3.8) is 0 Å². The quantitative estimate of drug-likeness (QED) is 0.806. The van der Waals surface area contributed by atoms with Crippen molar-refractivity contribution in [2.24, 2.45) is 0 Å². The lowest BCUT2D eigenvalue weighted by molar-refractivity contribution is 0.102. The summed E-state index contributed by atoms with van der Waals surface area (Å²) in [4.78, 5) is 16.6. The number of anilines is 1. The summed E-state index contributed by atoms with van der Waals surface area (Å²) < 4.78 is 32.9. The fraction of sp³-hybridized carbons (Fsp3) is 0.333. The van der Waals surface area contributed by atoms with Gasteiger partial charge in [0.1, 0.15) is 5.82 Å². The number of sulfonamides is 1. The molecule has 1 fully saturated rings. The largest absolute Gasteiger partial charge is 0.377 e. The molecule has 3 rings (SSSR count). The number of carbonyl (C=O) groups is 1. The topological polar surface area (TPSA) is 97.4 Å². The molecule has 0 saturated carbocycles. The molecular formula is C18H21N3O4S. The average Bonchev–Trinajstić information content (AvgIpc) is 3.14. The van der Waals surface area contributed by atoms with Crippen molar-refractivity contribution in [1.82, 2.24) is 9.71 Å². The zero-order chi connectivity index (χ0) is 18.6. The second-order valence-corrected chi connectivity index (χ2v) is 7.90. The van der Waals surface area contributed by atoms with Gasteiger partial charge in [-0.15, -0.1) is 0 Å². The predicted octanol–water partition coefficient (Wildman–Crippen LogP) is 2.10. The third kappa shape index (κ3) is 4.66. The van der Waals surface area contributed by atoms with Gasteiger partial charge in [0, 0.05) is 24.4 Å². The lowest BCUT2D eigenvalue weighted by atomic mass is 10.2. The SMILES string of the molecule is Cc1cccc(NC(=O)c2cccc(S(=O)(=O)NCC3CCCO3)c2)n1. The normalized spacial score (nSPS) is 17.2. The first-order chi connectivity index (χ1) is 12.4. The minimum Gasteiger partial charge on any atom is -0.377 e. The molecule has 0 aliphatic carbocycles. The van der Waals surface area contributed by atoms with Crippen molar-refractivity contribution in [1.29, 1.82) is 0 Å². The molecule has 1 aliphatic rings. The van der Waals surface area contributed by atoms with E-state index in [4.69, 9.17) is 4.74 Å². The van der Waals surface area contributed by atoms with Crippen LogP contribution in [0.4, 0.5) is 5.82 Å². The molecule has 2 heterocycles. The maximum absolute atomic E-state index is 12.5. The van der Waals surface area contributed by atoms with Gasteiger partial charge >= 0.3 is 0 Å². The first kappa shape index (κ1) is 18.5. The molecule has 26 heavy (non-hydrogen) atoms. The van der Waals surface area contributed by atoms with Crippen LogP contribution in [-0.2, 0) is 14.8 Å². The molecule has 1 aliphatic heterocycles. The maximum atomic E-state index is 12.5. The third-order valence-corrected chi connectivity index (χ3v) is 5.48. The van der Waals surface area contributed by atoms with E-state index in [1.807, 2.05) is 13.0 Å². The van der Waals surface area contributed by atoms with Crippen LogP contribution in [0.25, 0.3) is 0 Å². The third-order valence-electron chi connectivity index (χ3n) is 4.06. The predicted molar refractivity (Wildman–Crippen MR) is 97.5 cm³/mol. The molecule has 7 nitrogen and oxygen atoms in total. The van der Waals surface area contributed by atoms with E-state index in [2.05, 4.69) is 15.0 Å². The van der Waals surface area contributed by atoms with Crippen LogP contribution in [0.15, 0.2) is 47.4 Å². The van der Waals surface area contributed by atoms with Crippen molar-refractivity contribution >= 4 is 21.7 Å². The van der Waals surface area contributed by atoms with E-state index in [1.165, 1.54) is 12.1 Å². The van der Waals surface area contributed by atoms with Crippen LogP contribution in [0.1, 0.15) is 28.9 Å². The van der Waals surface area contributed by atoms with Crippen LogP contribution >= 0.6 is 0 Å². The lowest BCUT2D eigenvalue weighted by Gasteiger charge is -2.12. The molecule has 1 atom stereocenters. The van der Waals surface area contributed by atoms with Gasteiger partial charge in [-0.25, -0.2) is 18.1 Å². The highest BCUT2D eigenvalue weighted by molar-refractivity contribution is 7.89. The Morgan fingerprint density at radius 1 is 1.27 bits per heavy atom. The fourth-order valence-corrected chi connectivity index (χ4v) is 3.81. The number of amides is 1. The first-order valence-electron chi connectivity index (χ1n) is 8.40. The molecule has 2 N–H and O–H groups in total. The van der Waals surface area contributed by atoms with E-state index in [0.29, 0.717) is 12.4 Å². The Balaban J connectivity index is 1.71. The maximum Gasteiger partial charge on any atom is 0.256 e. The van der Waals surface area contributed by atoms with Crippen LogP contribution in [0, 0.1) is 6.92 Å². The summed E-state index contributed by atoms with van der Waals surface area (Å²) in [7, 11) is -3.71.